The molecule has 0 bridgehead atoms. The Hall–Kier alpha value is -1.11. The summed E-state index contributed by atoms with van der Waals surface area (Å²) in [6.07, 6.45) is 1.69. The maximum atomic E-state index is 8.85. The second kappa shape index (κ2) is 4.04. The highest BCUT2D eigenvalue weighted by molar-refractivity contribution is 6.30. The van der Waals surface area contributed by atoms with Crippen molar-refractivity contribution < 1.29 is 4.74 Å². The Morgan fingerprint density at radius 2 is 2.44 bits per heavy atom. The van der Waals surface area contributed by atoms with Gasteiger partial charge in [-0.1, -0.05) is 18.5 Å². The van der Waals surface area contributed by atoms with Crippen molar-refractivity contribution in [1.82, 2.24) is 4.98 Å². The molecule has 2 heterocycles. The van der Waals surface area contributed by atoms with Crippen molar-refractivity contribution in [2.75, 3.05) is 0 Å². The maximum absolute atomic E-state index is 8.85. The van der Waals surface area contributed by atoms with Crippen LogP contribution in [0.1, 0.15) is 37.1 Å². The standard InChI is InChI=1S/C12H13ClN2O/c1-3-12(2)5-10-9(7-16-12)4-8(6-14)11(13)15-10/h4H,3,5,7H2,1-2H3. The second-order valence-corrected chi connectivity index (χ2v) is 4.67. The van der Waals surface area contributed by atoms with E-state index in [1.807, 2.05) is 6.07 Å². The smallest absolute Gasteiger partial charge is 0.147 e. The van der Waals surface area contributed by atoms with Crippen LogP contribution in [-0.2, 0) is 17.8 Å². The van der Waals surface area contributed by atoms with Gasteiger partial charge in [-0.25, -0.2) is 4.98 Å². The number of pyridine rings is 1. The molecule has 1 aromatic heterocycles. The number of halogens is 1. The van der Waals surface area contributed by atoms with Crippen LogP contribution in [0.3, 0.4) is 0 Å². The Balaban J connectivity index is 2.41. The molecule has 84 valence electrons. The lowest BCUT2D eigenvalue weighted by molar-refractivity contribution is -0.0575. The van der Waals surface area contributed by atoms with E-state index < -0.39 is 0 Å². The summed E-state index contributed by atoms with van der Waals surface area (Å²) in [5.74, 6) is 0. The highest BCUT2D eigenvalue weighted by atomic mass is 35.5. The summed E-state index contributed by atoms with van der Waals surface area (Å²) in [5, 5.41) is 9.15. The van der Waals surface area contributed by atoms with E-state index in [-0.39, 0.29) is 5.60 Å². The highest BCUT2D eigenvalue weighted by Crippen LogP contribution is 2.31. The van der Waals surface area contributed by atoms with Gasteiger partial charge in [-0.3, -0.25) is 0 Å². The van der Waals surface area contributed by atoms with Crippen molar-refractivity contribution in [2.24, 2.45) is 0 Å². The number of nitriles is 1. The number of hydrogen-bond donors (Lipinski definition) is 0. The fourth-order valence-electron chi connectivity index (χ4n) is 1.81. The zero-order valence-corrected chi connectivity index (χ0v) is 10.1. The fraction of sp³-hybridized carbons (Fsp3) is 0.500. The third-order valence-electron chi connectivity index (χ3n) is 3.13. The van der Waals surface area contributed by atoms with Gasteiger partial charge in [0.05, 0.1) is 23.5 Å². The van der Waals surface area contributed by atoms with Gasteiger partial charge >= 0.3 is 0 Å². The van der Waals surface area contributed by atoms with Crippen LogP contribution in [0.2, 0.25) is 5.15 Å². The first-order valence-corrected chi connectivity index (χ1v) is 5.68. The van der Waals surface area contributed by atoms with Crippen LogP contribution in [0.15, 0.2) is 6.07 Å². The molecular formula is C12H13ClN2O. The van der Waals surface area contributed by atoms with Gasteiger partial charge in [-0.05, 0) is 19.4 Å². The predicted octanol–water partition coefficient (Wildman–Crippen LogP) is 2.85. The van der Waals surface area contributed by atoms with E-state index in [0.717, 1.165) is 24.1 Å². The molecule has 1 aromatic rings. The average molecular weight is 237 g/mol. The van der Waals surface area contributed by atoms with Gasteiger partial charge < -0.3 is 4.74 Å². The lowest BCUT2D eigenvalue weighted by Crippen LogP contribution is -2.35. The van der Waals surface area contributed by atoms with Gasteiger partial charge in [0, 0.05) is 12.0 Å². The summed E-state index contributed by atoms with van der Waals surface area (Å²) >= 11 is 5.92. The Morgan fingerprint density at radius 3 is 3.06 bits per heavy atom. The zero-order chi connectivity index (χ0) is 11.8. The van der Waals surface area contributed by atoms with E-state index in [1.54, 1.807) is 6.07 Å². The number of ether oxygens (including phenoxy) is 1. The normalized spacial score (nSPS) is 23.6. The van der Waals surface area contributed by atoms with Crippen LogP contribution in [-0.4, -0.2) is 10.6 Å². The van der Waals surface area contributed by atoms with Crippen molar-refractivity contribution in [3.8, 4) is 6.07 Å². The van der Waals surface area contributed by atoms with Crippen molar-refractivity contribution in [2.45, 2.75) is 38.9 Å². The highest BCUT2D eigenvalue weighted by Gasteiger charge is 2.30. The van der Waals surface area contributed by atoms with Crippen LogP contribution < -0.4 is 0 Å². The molecule has 0 N–H and O–H groups in total. The van der Waals surface area contributed by atoms with Crippen molar-refractivity contribution in [1.29, 1.82) is 5.26 Å². The largest absolute Gasteiger partial charge is 0.370 e. The molecule has 0 saturated carbocycles. The molecule has 0 aliphatic carbocycles. The summed E-state index contributed by atoms with van der Waals surface area (Å²) in [6, 6.07) is 3.81. The number of aromatic nitrogens is 1. The SMILES string of the molecule is CCC1(C)Cc2nc(Cl)c(C#N)cc2CO1. The van der Waals surface area contributed by atoms with E-state index in [2.05, 4.69) is 18.8 Å². The summed E-state index contributed by atoms with van der Waals surface area (Å²) in [5.41, 5.74) is 2.20. The van der Waals surface area contributed by atoms with Gasteiger partial charge in [0.25, 0.3) is 0 Å². The minimum atomic E-state index is -0.155. The Bertz CT molecular complexity index is 467. The summed E-state index contributed by atoms with van der Waals surface area (Å²) in [7, 11) is 0. The molecule has 1 atom stereocenters. The van der Waals surface area contributed by atoms with Gasteiger partial charge in [0.2, 0.25) is 0 Å². The van der Waals surface area contributed by atoms with Gasteiger partial charge in [0.1, 0.15) is 11.2 Å². The van der Waals surface area contributed by atoms with Gasteiger partial charge in [0.15, 0.2) is 0 Å². The quantitative estimate of drug-likeness (QED) is 0.705. The first kappa shape index (κ1) is 11.4. The summed E-state index contributed by atoms with van der Waals surface area (Å²) in [4.78, 5) is 4.29. The van der Waals surface area contributed by atoms with Crippen molar-refractivity contribution in [3.63, 3.8) is 0 Å². The van der Waals surface area contributed by atoms with Gasteiger partial charge in [-0.15, -0.1) is 0 Å². The van der Waals surface area contributed by atoms with Crippen LogP contribution in [0.4, 0.5) is 0 Å². The van der Waals surface area contributed by atoms with Crippen LogP contribution in [0.25, 0.3) is 0 Å². The summed E-state index contributed by atoms with van der Waals surface area (Å²) in [6.45, 7) is 4.68. The Kier molecular flexibility index (Phi) is 2.88. The lowest BCUT2D eigenvalue weighted by atomic mass is 9.91. The molecule has 0 radical (unpaired) electrons. The molecule has 1 aliphatic heterocycles. The molecule has 0 amide bonds. The van der Waals surface area contributed by atoms with E-state index in [0.29, 0.717) is 17.3 Å². The molecule has 0 spiro atoms. The fourth-order valence-corrected chi connectivity index (χ4v) is 2.01. The molecule has 0 fully saturated rings. The van der Waals surface area contributed by atoms with Crippen LogP contribution in [0.5, 0.6) is 0 Å². The van der Waals surface area contributed by atoms with Crippen molar-refractivity contribution >= 4 is 11.6 Å². The molecular weight excluding hydrogens is 224 g/mol. The molecule has 0 aromatic carbocycles. The molecule has 1 aliphatic rings. The zero-order valence-electron chi connectivity index (χ0n) is 9.38. The third-order valence-corrected chi connectivity index (χ3v) is 3.42. The van der Waals surface area contributed by atoms with E-state index >= 15 is 0 Å². The second-order valence-electron chi connectivity index (χ2n) is 4.31. The maximum Gasteiger partial charge on any atom is 0.147 e. The molecule has 3 nitrogen and oxygen atoms in total. The third kappa shape index (κ3) is 1.91. The van der Waals surface area contributed by atoms with E-state index in [1.165, 1.54) is 0 Å². The first-order chi connectivity index (χ1) is 7.58. The Labute approximate surface area is 100 Å². The van der Waals surface area contributed by atoms with Crippen molar-refractivity contribution in [3.05, 3.63) is 28.0 Å². The molecule has 2 rings (SSSR count). The molecule has 16 heavy (non-hydrogen) atoms. The van der Waals surface area contributed by atoms with Crippen LogP contribution >= 0.6 is 11.6 Å². The molecule has 0 saturated heterocycles. The minimum absolute atomic E-state index is 0.155. The topological polar surface area (TPSA) is 45.9 Å². The number of hydrogen-bond acceptors (Lipinski definition) is 3. The molecule has 1 unspecified atom stereocenters. The Morgan fingerprint density at radius 1 is 1.69 bits per heavy atom. The first-order valence-electron chi connectivity index (χ1n) is 5.30. The van der Waals surface area contributed by atoms with Crippen LogP contribution in [0, 0.1) is 11.3 Å². The molecule has 4 heteroatoms. The lowest BCUT2D eigenvalue weighted by Gasteiger charge is -2.33. The number of nitrogens with zero attached hydrogens (tertiary/aromatic N) is 2. The van der Waals surface area contributed by atoms with E-state index in [4.69, 9.17) is 21.6 Å². The minimum Gasteiger partial charge on any atom is -0.370 e. The average Bonchev–Trinajstić information content (AvgIpc) is 2.28. The monoisotopic (exact) mass is 236 g/mol. The predicted molar refractivity (Wildman–Crippen MR) is 61.2 cm³/mol. The van der Waals surface area contributed by atoms with Gasteiger partial charge in [-0.2, -0.15) is 5.26 Å². The number of rotatable bonds is 1. The summed E-state index contributed by atoms with van der Waals surface area (Å²) < 4.78 is 5.79. The van der Waals surface area contributed by atoms with E-state index in [9.17, 15) is 0 Å². The number of fused-ring (bicyclic) bond motifs is 1.